The standard InChI is InChI=1S/C22H28N2O2/c1-21(2)15-22(16-26-21)10-12-24(13-11-22)14-20(25)23-19-9-5-7-17-6-3-4-8-18(17)19/h3-9H,10-16H2,1-2H3,(H,23,25). The van der Waals surface area contributed by atoms with Gasteiger partial charge in [-0.05, 0) is 63.1 Å². The van der Waals surface area contributed by atoms with E-state index in [9.17, 15) is 4.79 Å². The van der Waals surface area contributed by atoms with E-state index in [1.807, 2.05) is 24.3 Å². The van der Waals surface area contributed by atoms with Gasteiger partial charge in [-0.25, -0.2) is 0 Å². The number of fused-ring (bicyclic) bond motifs is 1. The fraction of sp³-hybridized carbons (Fsp3) is 0.500. The highest BCUT2D eigenvalue weighted by atomic mass is 16.5. The minimum atomic E-state index is 0.00785. The number of nitrogens with zero attached hydrogens (tertiary/aromatic N) is 1. The summed E-state index contributed by atoms with van der Waals surface area (Å²) in [5.41, 5.74) is 1.23. The molecule has 2 saturated heterocycles. The van der Waals surface area contributed by atoms with Crippen molar-refractivity contribution in [3.63, 3.8) is 0 Å². The number of rotatable bonds is 3. The number of hydrogen-bond donors (Lipinski definition) is 1. The van der Waals surface area contributed by atoms with E-state index >= 15 is 0 Å². The zero-order valence-corrected chi connectivity index (χ0v) is 15.8. The van der Waals surface area contributed by atoms with Crippen LogP contribution in [0.3, 0.4) is 0 Å². The lowest BCUT2D eigenvalue weighted by Crippen LogP contribution is -2.44. The Bertz CT molecular complexity index is 801. The van der Waals surface area contributed by atoms with Crippen LogP contribution in [0.15, 0.2) is 42.5 Å². The molecule has 1 spiro atoms. The number of carbonyl (C=O) groups is 1. The average Bonchev–Trinajstić information content (AvgIpc) is 2.92. The van der Waals surface area contributed by atoms with Gasteiger partial charge in [0, 0.05) is 11.1 Å². The van der Waals surface area contributed by atoms with Crippen LogP contribution in [0.4, 0.5) is 5.69 Å². The highest BCUT2D eigenvalue weighted by Gasteiger charge is 2.45. The van der Waals surface area contributed by atoms with Crippen LogP contribution in [0.5, 0.6) is 0 Å². The van der Waals surface area contributed by atoms with Crippen molar-refractivity contribution in [1.82, 2.24) is 4.90 Å². The summed E-state index contributed by atoms with van der Waals surface area (Å²) in [5, 5.41) is 5.34. The third kappa shape index (κ3) is 3.62. The van der Waals surface area contributed by atoms with Gasteiger partial charge in [0.2, 0.25) is 5.91 Å². The van der Waals surface area contributed by atoms with Gasteiger partial charge in [-0.1, -0.05) is 36.4 Å². The molecule has 2 aromatic carbocycles. The zero-order valence-electron chi connectivity index (χ0n) is 15.8. The van der Waals surface area contributed by atoms with Crippen LogP contribution in [0.25, 0.3) is 10.8 Å². The number of piperidine rings is 1. The van der Waals surface area contributed by atoms with E-state index < -0.39 is 0 Å². The molecule has 0 aliphatic carbocycles. The lowest BCUT2D eigenvalue weighted by Gasteiger charge is -2.38. The highest BCUT2D eigenvalue weighted by Crippen LogP contribution is 2.46. The number of amides is 1. The van der Waals surface area contributed by atoms with Gasteiger partial charge in [-0.15, -0.1) is 0 Å². The maximum absolute atomic E-state index is 12.6. The van der Waals surface area contributed by atoms with E-state index in [1.165, 1.54) is 0 Å². The predicted octanol–water partition coefficient (Wildman–Crippen LogP) is 4.06. The molecule has 0 unspecified atom stereocenters. The smallest absolute Gasteiger partial charge is 0.238 e. The zero-order chi connectivity index (χ0) is 18.2. The topological polar surface area (TPSA) is 41.6 Å². The molecule has 0 saturated carbocycles. The quantitative estimate of drug-likeness (QED) is 0.906. The normalized spacial score (nSPS) is 21.9. The number of nitrogens with one attached hydrogen (secondary N) is 1. The minimum Gasteiger partial charge on any atom is -0.375 e. The van der Waals surface area contributed by atoms with Crippen molar-refractivity contribution in [2.45, 2.75) is 38.7 Å². The third-order valence-electron chi connectivity index (χ3n) is 5.92. The Morgan fingerprint density at radius 3 is 2.58 bits per heavy atom. The van der Waals surface area contributed by atoms with E-state index in [-0.39, 0.29) is 11.5 Å². The largest absolute Gasteiger partial charge is 0.375 e. The van der Waals surface area contributed by atoms with Gasteiger partial charge in [-0.3, -0.25) is 9.69 Å². The molecular formula is C22H28N2O2. The number of hydrogen-bond acceptors (Lipinski definition) is 3. The molecule has 0 atom stereocenters. The first-order chi connectivity index (χ1) is 12.4. The highest BCUT2D eigenvalue weighted by molar-refractivity contribution is 6.02. The maximum atomic E-state index is 12.6. The lowest BCUT2D eigenvalue weighted by atomic mass is 9.74. The fourth-order valence-electron chi connectivity index (χ4n) is 4.59. The Hall–Kier alpha value is -1.91. The van der Waals surface area contributed by atoms with Crippen LogP contribution in [0.1, 0.15) is 33.1 Å². The van der Waals surface area contributed by atoms with Gasteiger partial charge in [0.1, 0.15) is 0 Å². The van der Waals surface area contributed by atoms with Crippen molar-refractivity contribution in [3.05, 3.63) is 42.5 Å². The van der Waals surface area contributed by atoms with Crippen molar-refractivity contribution < 1.29 is 9.53 Å². The van der Waals surface area contributed by atoms with Crippen LogP contribution in [0, 0.1) is 5.41 Å². The van der Waals surface area contributed by atoms with Gasteiger partial charge in [-0.2, -0.15) is 0 Å². The summed E-state index contributed by atoms with van der Waals surface area (Å²) in [5.74, 6) is 0.0697. The first-order valence-electron chi connectivity index (χ1n) is 9.59. The first kappa shape index (κ1) is 17.5. The van der Waals surface area contributed by atoms with Crippen molar-refractivity contribution in [1.29, 1.82) is 0 Å². The fourth-order valence-corrected chi connectivity index (χ4v) is 4.59. The van der Waals surface area contributed by atoms with Crippen LogP contribution >= 0.6 is 0 Å². The summed E-state index contributed by atoms with van der Waals surface area (Å²) in [6.45, 7) is 7.65. The summed E-state index contributed by atoms with van der Waals surface area (Å²) in [4.78, 5) is 14.8. The Morgan fingerprint density at radius 2 is 1.85 bits per heavy atom. The molecule has 2 fully saturated rings. The number of anilines is 1. The molecule has 4 nitrogen and oxygen atoms in total. The van der Waals surface area contributed by atoms with E-state index in [1.54, 1.807) is 0 Å². The maximum Gasteiger partial charge on any atom is 0.238 e. The van der Waals surface area contributed by atoms with E-state index in [4.69, 9.17) is 4.74 Å². The van der Waals surface area contributed by atoms with E-state index in [0.717, 1.165) is 55.4 Å². The number of likely N-dealkylation sites (tertiary alicyclic amines) is 1. The van der Waals surface area contributed by atoms with Crippen molar-refractivity contribution in [2.24, 2.45) is 5.41 Å². The molecule has 0 bridgehead atoms. The Balaban J connectivity index is 1.35. The predicted molar refractivity (Wildman–Crippen MR) is 105 cm³/mol. The summed E-state index contributed by atoms with van der Waals surface area (Å²) in [7, 11) is 0. The Labute approximate surface area is 155 Å². The number of ether oxygens (including phenoxy) is 1. The molecule has 1 N–H and O–H groups in total. The van der Waals surface area contributed by atoms with Gasteiger partial charge in [0.05, 0.1) is 18.8 Å². The molecule has 0 aromatic heterocycles. The van der Waals surface area contributed by atoms with Crippen LogP contribution < -0.4 is 5.32 Å². The summed E-state index contributed by atoms with van der Waals surface area (Å²) >= 11 is 0. The molecule has 26 heavy (non-hydrogen) atoms. The minimum absolute atomic E-state index is 0.00785. The van der Waals surface area contributed by atoms with Crippen LogP contribution in [-0.4, -0.2) is 42.6 Å². The molecular weight excluding hydrogens is 324 g/mol. The van der Waals surface area contributed by atoms with E-state index in [2.05, 4.69) is 42.3 Å². The second-order valence-electron chi connectivity index (χ2n) is 8.58. The summed E-state index contributed by atoms with van der Waals surface area (Å²) in [6, 6.07) is 14.2. The third-order valence-corrected chi connectivity index (χ3v) is 5.92. The molecule has 4 heteroatoms. The van der Waals surface area contributed by atoms with Gasteiger partial charge < -0.3 is 10.1 Å². The van der Waals surface area contributed by atoms with Crippen molar-refractivity contribution >= 4 is 22.4 Å². The van der Waals surface area contributed by atoms with Gasteiger partial charge in [0.15, 0.2) is 0 Å². The molecule has 2 aliphatic rings. The lowest BCUT2D eigenvalue weighted by molar-refractivity contribution is -0.117. The van der Waals surface area contributed by atoms with Crippen LogP contribution in [-0.2, 0) is 9.53 Å². The second kappa shape index (κ2) is 6.67. The summed E-state index contributed by atoms with van der Waals surface area (Å²) in [6.07, 6.45) is 3.38. The molecule has 4 rings (SSSR count). The number of benzene rings is 2. The monoisotopic (exact) mass is 352 g/mol. The van der Waals surface area contributed by atoms with Crippen molar-refractivity contribution in [2.75, 3.05) is 31.6 Å². The van der Waals surface area contributed by atoms with Crippen LogP contribution in [0.2, 0.25) is 0 Å². The van der Waals surface area contributed by atoms with Gasteiger partial charge >= 0.3 is 0 Å². The second-order valence-corrected chi connectivity index (χ2v) is 8.58. The molecule has 2 aromatic rings. The molecule has 2 heterocycles. The molecule has 2 aliphatic heterocycles. The Kier molecular flexibility index (Phi) is 4.49. The van der Waals surface area contributed by atoms with E-state index in [0.29, 0.717) is 12.0 Å². The molecule has 0 radical (unpaired) electrons. The Morgan fingerprint density at radius 1 is 1.12 bits per heavy atom. The SMILES string of the molecule is CC1(C)CC2(CCN(CC(=O)Nc3cccc4ccccc34)CC2)CO1. The molecule has 138 valence electrons. The van der Waals surface area contributed by atoms with Gasteiger partial charge in [0.25, 0.3) is 0 Å². The summed E-state index contributed by atoms with van der Waals surface area (Å²) < 4.78 is 5.97. The average molecular weight is 352 g/mol. The number of carbonyl (C=O) groups excluding carboxylic acids is 1. The molecule has 1 amide bonds. The first-order valence-corrected chi connectivity index (χ1v) is 9.59. The van der Waals surface area contributed by atoms with Crippen molar-refractivity contribution in [3.8, 4) is 0 Å².